The van der Waals surface area contributed by atoms with Gasteiger partial charge >= 0.3 is 29.6 Å². The van der Waals surface area contributed by atoms with Crippen LogP contribution in [0.15, 0.2) is 0 Å². The van der Waals surface area contributed by atoms with E-state index < -0.39 is 0 Å². The van der Waals surface area contributed by atoms with Gasteiger partial charge in [0, 0.05) is 4.58 Å². The van der Waals surface area contributed by atoms with E-state index >= 15 is 0 Å². The second-order valence-corrected chi connectivity index (χ2v) is 2.59. The Balaban J connectivity index is -0.0000000450. The summed E-state index contributed by atoms with van der Waals surface area (Å²) in [5, 5.41) is 0. The van der Waals surface area contributed by atoms with Gasteiger partial charge in [0.15, 0.2) is 0 Å². The van der Waals surface area contributed by atoms with Gasteiger partial charge in [-0.1, -0.05) is 8.41 Å². The quantitative estimate of drug-likeness (QED) is 0.193. The van der Waals surface area contributed by atoms with Gasteiger partial charge in [0.25, 0.3) is 0 Å². The van der Waals surface area contributed by atoms with Crippen molar-refractivity contribution in [3.63, 3.8) is 0 Å². The molecule has 0 radical (unpaired) electrons. The fourth-order valence-corrected chi connectivity index (χ4v) is 0. The molecule has 0 aliphatic rings. The summed E-state index contributed by atoms with van der Waals surface area (Å²) in [6.45, 7) is 1.90. The molecule has 6 heavy (non-hydrogen) atoms. The largest absolute Gasteiger partial charge is 1.00 e. The fourth-order valence-electron chi connectivity index (χ4n) is 0. The maximum Gasteiger partial charge on any atom is 1.00 e. The average molecular weight is 132 g/mol. The third-order valence-corrected chi connectivity index (χ3v) is 0. The predicted octanol–water partition coefficient (Wildman–Crippen LogP) is -3.26. The Morgan fingerprint density at radius 3 is 1.33 bits per heavy atom. The molecule has 0 spiro atoms. The molecule has 0 rings (SSSR count). The van der Waals surface area contributed by atoms with Crippen molar-refractivity contribution in [2.24, 2.45) is 0 Å². The van der Waals surface area contributed by atoms with Crippen LogP contribution in [0.1, 0.15) is 6.92 Å². The van der Waals surface area contributed by atoms with E-state index in [1.807, 2.05) is 6.92 Å². The van der Waals surface area contributed by atoms with Crippen LogP contribution in [0.5, 0.6) is 0 Å². The molecule has 0 aliphatic heterocycles. The molecule has 0 amide bonds. The van der Waals surface area contributed by atoms with E-state index in [4.69, 9.17) is 0 Å². The van der Waals surface area contributed by atoms with Crippen molar-refractivity contribution in [2.45, 2.75) is 11.5 Å². The van der Waals surface area contributed by atoms with Crippen molar-refractivity contribution < 1.29 is 29.6 Å². The fraction of sp³-hybridized carbons (Fsp3) is 1.00. The van der Waals surface area contributed by atoms with Crippen LogP contribution in [-0.2, 0) is 0 Å². The van der Waals surface area contributed by atoms with Gasteiger partial charge in [-0.2, -0.15) is 25.3 Å². The minimum Gasteiger partial charge on any atom is -0.166 e. The van der Waals surface area contributed by atoms with Gasteiger partial charge in [-0.25, -0.2) is 0 Å². The van der Waals surface area contributed by atoms with E-state index in [9.17, 15) is 0 Å². The first-order valence-corrected chi connectivity index (χ1v) is 2.13. The molecule has 0 heterocycles. The zero-order chi connectivity index (χ0) is 3.58. The summed E-state index contributed by atoms with van der Waals surface area (Å²) < 4.78 is 0.222. The maximum absolute atomic E-state index is 3.83. The second kappa shape index (κ2) is 9.90. The first-order chi connectivity index (χ1) is 1.73. The van der Waals surface area contributed by atoms with Gasteiger partial charge in [-0.3, -0.25) is 0 Å². The molecule has 0 unspecified atom stereocenters. The van der Waals surface area contributed by atoms with Crippen molar-refractivity contribution in [3.8, 4) is 0 Å². The number of hydrogen-bond acceptors (Lipinski definition) is 2. The number of rotatable bonds is 0. The molecule has 0 saturated carbocycles. The zero-order valence-electron chi connectivity index (χ0n) is 3.47. The van der Waals surface area contributed by atoms with E-state index in [1.165, 1.54) is 0 Å². The third-order valence-electron chi connectivity index (χ3n) is 0. The molecular formula is C2H10BNaS2. The molecule has 0 N–H and O–H groups in total. The molecular weight excluding hydrogens is 122 g/mol. The van der Waals surface area contributed by atoms with Crippen LogP contribution in [0.2, 0.25) is 0 Å². The Morgan fingerprint density at radius 1 is 1.33 bits per heavy atom. The van der Waals surface area contributed by atoms with Crippen LogP contribution in [0.25, 0.3) is 0 Å². The molecule has 0 nitrogen and oxygen atoms in total. The molecule has 34 valence electrons. The SMILES string of the molecule is CC(S)S.[BH4-].[Na+]. The minimum absolute atomic E-state index is 0. The molecule has 0 fully saturated rings. The van der Waals surface area contributed by atoms with Crippen LogP contribution in [0, 0.1) is 0 Å². The van der Waals surface area contributed by atoms with Gasteiger partial charge in [-0.15, -0.1) is 0 Å². The Bertz CT molecular complexity index is 16.3. The summed E-state index contributed by atoms with van der Waals surface area (Å²) in [5.41, 5.74) is 0. The van der Waals surface area contributed by atoms with E-state index in [2.05, 4.69) is 25.3 Å². The summed E-state index contributed by atoms with van der Waals surface area (Å²) >= 11 is 7.66. The zero-order valence-corrected chi connectivity index (χ0v) is 7.26. The molecule has 0 aromatic carbocycles. The number of hydrogen-bond donors (Lipinski definition) is 2. The van der Waals surface area contributed by atoms with Gasteiger partial charge in [-0.05, 0) is 6.92 Å². The molecule has 0 atom stereocenters. The standard InChI is InChI=1S/C2H6S2.BH4.Na/c1-2(3)4;;/h2-4H,1H3;1H4;/q;-1;+1. The Morgan fingerprint density at radius 2 is 1.33 bits per heavy atom. The van der Waals surface area contributed by atoms with Gasteiger partial charge < -0.3 is 0 Å². The van der Waals surface area contributed by atoms with Crippen LogP contribution in [-0.4, -0.2) is 13.0 Å². The van der Waals surface area contributed by atoms with E-state index in [1.54, 1.807) is 0 Å². The van der Waals surface area contributed by atoms with Gasteiger partial charge in [0.05, 0.1) is 0 Å². The van der Waals surface area contributed by atoms with Crippen molar-refractivity contribution in [2.75, 3.05) is 0 Å². The minimum atomic E-state index is 0. The smallest absolute Gasteiger partial charge is 0.166 e. The van der Waals surface area contributed by atoms with Crippen molar-refractivity contribution in [1.29, 1.82) is 0 Å². The van der Waals surface area contributed by atoms with E-state index in [0.29, 0.717) is 0 Å². The van der Waals surface area contributed by atoms with Crippen molar-refractivity contribution >= 4 is 33.7 Å². The van der Waals surface area contributed by atoms with Crippen LogP contribution < -0.4 is 29.6 Å². The number of thiol groups is 2. The summed E-state index contributed by atoms with van der Waals surface area (Å²) in [7, 11) is 0. The first-order valence-electron chi connectivity index (χ1n) is 1.09. The predicted molar refractivity (Wildman–Crippen MR) is 38.8 cm³/mol. The summed E-state index contributed by atoms with van der Waals surface area (Å²) in [6, 6.07) is 0. The summed E-state index contributed by atoms with van der Waals surface area (Å²) in [6.07, 6.45) is 0. The molecule has 4 heteroatoms. The molecule has 0 aromatic rings. The Kier molecular flexibility index (Phi) is 25.8. The molecule has 0 bridgehead atoms. The van der Waals surface area contributed by atoms with Crippen molar-refractivity contribution in [3.05, 3.63) is 0 Å². The van der Waals surface area contributed by atoms with Crippen LogP contribution >= 0.6 is 25.3 Å². The second-order valence-electron chi connectivity index (χ2n) is 0.632. The van der Waals surface area contributed by atoms with E-state index in [0.717, 1.165) is 0 Å². The van der Waals surface area contributed by atoms with Gasteiger partial charge in [0.2, 0.25) is 0 Å². The van der Waals surface area contributed by atoms with Crippen LogP contribution in [0.4, 0.5) is 0 Å². The van der Waals surface area contributed by atoms with Crippen LogP contribution in [0.3, 0.4) is 0 Å². The normalized spacial score (nSPS) is 6.00. The van der Waals surface area contributed by atoms with Gasteiger partial charge in [0.1, 0.15) is 0 Å². The average Bonchev–Trinajstić information content (AvgIpc) is 0.811. The monoisotopic (exact) mass is 132 g/mol. The molecule has 0 aromatic heterocycles. The van der Waals surface area contributed by atoms with E-state index in [-0.39, 0.29) is 42.6 Å². The third kappa shape index (κ3) is 42.0. The molecule has 0 saturated heterocycles. The summed E-state index contributed by atoms with van der Waals surface area (Å²) in [4.78, 5) is 0. The molecule has 0 aliphatic carbocycles. The topological polar surface area (TPSA) is 0 Å². The first kappa shape index (κ1) is 15.7. The maximum atomic E-state index is 3.83. The Hall–Kier alpha value is 1.76. The van der Waals surface area contributed by atoms with Crippen molar-refractivity contribution in [1.82, 2.24) is 0 Å². The summed E-state index contributed by atoms with van der Waals surface area (Å²) in [5.74, 6) is 0. The Labute approximate surface area is 74.1 Å².